The topological polar surface area (TPSA) is 36.0 Å². The normalized spacial score (nSPS) is 31.9. The van der Waals surface area contributed by atoms with E-state index in [0.717, 1.165) is 6.42 Å². The number of epoxide rings is 1. The summed E-state index contributed by atoms with van der Waals surface area (Å²) in [4.78, 5) is 1.84. The first-order valence-electron chi connectivity index (χ1n) is 5.63. The van der Waals surface area contributed by atoms with Crippen molar-refractivity contribution in [1.82, 2.24) is 0 Å². The van der Waals surface area contributed by atoms with Crippen LogP contribution in [0.25, 0.3) is 0 Å². The average molecular weight is 258 g/mol. The second-order valence-electron chi connectivity index (χ2n) is 4.66. The summed E-state index contributed by atoms with van der Waals surface area (Å²) < 4.78 is 19.0. The number of piperidine rings is 1. The summed E-state index contributed by atoms with van der Waals surface area (Å²) in [5, 5.41) is 10.3. The zero-order valence-electron chi connectivity index (χ0n) is 9.20. The monoisotopic (exact) mass is 257 g/mol. The van der Waals surface area contributed by atoms with Gasteiger partial charge in [0, 0.05) is 18.1 Å². The van der Waals surface area contributed by atoms with Gasteiger partial charge in [0.15, 0.2) is 0 Å². The van der Waals surface area contributed by atoms with Crippen LogP contribution in [0.3, 0.4) is 0 Å². The number of hydrogen-bond acceptors (Lipinski definition) is 3. The number of nitrogens with zero attached hydrogens (tertiary/aromatic N) is 1. The van der Waals surface area contributed by atoms with E-state index in [2.05, 4.69) is 0 Å². The molecule has 1 N–H and O–H groups in total. The molecule has 0 aromatic heterocycles. The molecule has 0 amide bonds. The molecular weight excluding hydrogens is 245 g/mol. The van der Waals surface area contributed by atoms with E-state index in [1.165, 1.54) is 6.07 Å². The Bertz CT molecular complexity index is 450. The van der Waals surface area contributed by atoms with Crippen LogP contribution < -0.4 is 4.90 Å². The lowest BCUT2D eigenvalue weighted by atomic mass is 9.94. The lowest BCUT2D eigenvalue weighted by Gasteiger charge is -2.36. The average Bonchev–Trinajstić information content (AvgIpc) is 3.04. The second-order valence-corrected chi connectivity index (χ2v) is 5.10. The summed E-state index contributed by atoms with van der Waals surface area (Å²) in [7, 11) is 0. The maximum atomic E-state index is 13.7. The Morgan fingerprint density at radius 3 is 2.88 bits per heavy atom. The molecule has 0 aliphatic carbocycles. The van der Waals surface area contributed by atoms with Crippen LogP contribution in [0, 0.1) is 5.82 Å². The first kappa shape index (κ1) is 11.3. The van der Waals surface area contributed by atoms with Crippen molar-refractivity contribution in [2.75, 3.05) is 24.6 Å². The third-order valence-corrected chi connectivity index (χ3v) is 3.81. The largest absolute Gasteiger partial charge is 0.388 e. The Morgan fingerprint density at radius 2 is 2.29 bits per heavy atom. The molecule has 2 unspecified atom stereocenters. The van der Waals surface area contributed by atoms with Crippen molar-refractivity contribution in [2.24, 2.45) is 0 Å². The van der Waals surface area contributed by atoms with Gasteiger partial charge in [-0.2, -0.15) is 0 Å². The fraction of sp³-hybridized carbons (Fsp3) is 0.500. The van der Waals surface area contributed by atoms with Gasteiger partial charge in [-0.25, -0.2) is 4.39 Å². The van der Waals surface area contributed by atoms with Gasteiger partial charge in [0.1, 0.15) is 17.5 Å². The number of β-amino-alcohol motifs (C(OH)–C–C–N with tert-alkyl or cyclic N) is 1. The van der Waals surface area contributed by atoms with Gasteiger partial charge in [-0.3, -0.25) is 0 Å². The highest BCUT2D eigenvalue weighted by Gasteiger charge is 2.53. The van der Waals surface area contributed by atoms with Gasteiger partial charge in [-0.05, 0) is 24.6 Å². The van der Waals surface area contributed by atoms with Gasteiger partial charge >= 0.3 is 0 Å². The minimum atomic E-state index is -0.550. The Balaban J connectivity index is 1.81. The van der Waals surface area contributed by atoms with Gasteiger partial charge in [-0.15, -0.1) is 0 Å². The van der Waals surface area contributed by atoms with E-state index in [-0.39, 0.29) is 11.4 Å². The molecule has 1 aromatic carbocycles. The van der Waals surface area contributed by atoms with Gasteiger partial charge in [-0.1, -0.05) is 11.6 Å². The molecule has 2 fully saturated rings. The van der Waals surface area contributed by atoms with Crippen LogP contribution >= 0.6 is 11.6 Å². The fourth-order valence-electron chi connectivity index (χ4n) is 2.34. The maximum absolute atomic E-state index is 13.7. The van der Waals surface area contributed by atoms with E-state index in [9.17, 15) is 9.50 Å². The summed E-state index contributed by atoms with van der Waals surface area (Å²) >= 11 is 5.71. The number of halogens is 2. The molecular formula is C12H13ClFNO2. The highest BCUT2D eigenvalue weighted by molar-refractivity contribution is 6.30. The zero-order valence-corrected chi connectivity index (χ0v) is 9.95. The van der Waals surface area contributed by atoms with Crippen molar-refractivity contribution in [3.8, 4) is 0 Å². The maximum Gasteiger partial charge on any atom is 0.147 e. The molecule has 2 atom stereocenters. The lowest BCUT2D eigenvalue weighted by Crippen LogP contribution is -2.49. The van der Waals surface area contributed by atoms with Gasteiger partial charge in [0.05, 0.1) is 12.3 Å². The van der Waals surface area contributed by atoms with Crippen LogP contribution in [0.15, 0.2) is 18.2 Å². The third kappa shape index (κ3) is 1.90. The summed E-state index contributed by atoms with van der Waals surface area (Å²) in [6.07, 6.45) is 0.183. The predicted octanol–water partition coefficient (Wildman–Crippen LogP) is 1.82. The summed E-state index contributed by atoms with van der Waals surface area (Å²) in [6, 6.07) is 4.60. The van der Waals surface area contributed by atoms with E-state index < -0.39 is 6.10 Å². The Kier molecular flexibility index (Phi) is 2.54. The molecule has 2 aliphatic rings. The van der Waals surface area contributed by atoms with E-state index in [4.69, 9.17) is 16.3 Å². The summed E-state index contributed by atoms with van der Waals surface area (Å²) in [5.41, 5.74) is 0.142. The fourth-order valence-corrected chi connectivity index (χ4v) is 2.50. The van der Waals surface area contributed by atoms with Crippen LogP contribution in [0.5, 0.6) is 0 Å². The quantitative estimate of drug-likeness (QED) is 0.780. The number of benzene rings is 1. The molecule has 0 radical (unpaired) electrons. The molecule has 2 saturated heterocycles. The highest BCUT2D eigenvalue weighted by Crippen LogP contribution is 2.39. The van der Waals surface area contributed by atoms with Crippen LogP contribution in [0.4, 0.5) is 10.1 Å². The Labute approximate surface area is 104 Å². The lowest BCUT2D eigenvalue weighted by molar-refractivity contribution is 0.0609. The van der Waals surface area contributed by atoms with Gasteiger partial charge in [0.2, 0.25) is 0 Å². The summed E-state index contributed by atoms with van der Waals surface area (Å²) in [5.74, 6) is -0.350. The highest BCUT2D eigenvalue weighted by atomic mass is 35.5. The van der Waals surface area contributed by atoms with Crippen molar-refractivity contribution in [1.29, 1.82) is 0 Å². The standard InChI is InChI=1S/C12H13ClFNO2/c13-8-1-2-10(9(14)5-8)15-4-3-12(7-17-12)11(16)6-15/h1-2,5,11,16H,3-4,6-7H2. The molecule has 2 aliphatic heterocycles. The second kappa shape index (κ2) is 3.83. The van der Waals surface area contributed by atoms with E-state index in [1.807, 2.05) is 4.90 Å². The molecule has 2 heterocycles. The molecule has 0 bridgehead atoms. The van der Waals surface area contributed by atoms with Crippen molar-refractivity contribution in [3.05, 3.63) is 29.0 Å². The van der Waals surface area contributed by atoms with Crippen molar-refractivity contribution in [2.45, 2.75) is 18.1 Å². The third-order valence-electron chi connectivity index (χ3n) is 3.57. The summed E-state index contributed by atoms with van der Waals surface area (Å²) in [6.45, 7) is 1.71. The smallest absolute Gasteiger partial charge is 0.147 e. The van der Waals surface area contributed by atoms with Crippen LogP contribution in [-0.4, -0.2) is 36.5 Å². The van der Waals surface area contributed by atoms with Crippen LogP contribution in [0.1, 0.15) is 6.42 Å². The number of ether oxygens (including phenoxy) is 1. The van der Waals surface area contributed by atoms with Gasteiger partial charge in [0.25, 0.3) is 0 Å². The first-order valence-corrected chi connectivity index (χ1v) is 6.01. The molecule has 1 aromatic rings. The molecule has 5 heteroatoms. The number of aliphatic hydroxyl groups is 1. The van der Waals surface area contributed by atoms with Gasteiger partial charge < -0.3 is 14.7 Å². The van der Waals surface area contributed by atoms with E-state index in [1.54, 1.807) is 12.1 Å². The van der Waals surface area contributed by atoms with Crippen LogP contribution in [0.2, 0.25) is 5.02 Å². The zero-order chi connectivity index (χ0) is 12.0. The number of rotatable bonds is 1. The number of aliphatic hydroxyl groups excluding tert-OH is 1. The van der Waals surface area contributed by atoms with Crippen molar-refractivity contribution < 1.29 is 14.2 Å². The Hall–Kier alpha value is -0.840. The molecule has 1 spiro atoms. The first-order chi connectivity index (χ1) is 8.11. The number of anilines is 1. The van der Waals surface area contributed by atoms with E-state index >= 15 is 0 Å². The van der Waals surface area contributed by atoms with E-state index in [0.29, 0.717) is 30.4 Å². The molecule has 3 nitrogen and oxygen atoms in total. The minimum Gasteiger partial charge on any atom is -0.388 e. The Morgan fingerprint density at radius 1 is 1.53 bits per heavy atom. The molecule has 3 rings (SSSR count). The van der Waals surface area contributed by atoms with Crippen molar-refractivity contribution >= 4 is 17.3 Å². The minimum absolute atomic E-state index is 0.348. The molecule has 17 heavy (non-hydrogen) atoms. The number of hydrogen-bond donors (Lipinski definition) is 1. The predicted molar refractivity (Wildman–Crippen MR) is 62.9 cm³/mol. The molecule has 92 valence electrons. The van der Waals surface area contributed by atoms with Crippen LogP contribution in [-0.2, 0) is 4.74 Å². The molecule has 0 saturated carbocycles. The SMILES string of the molecule is OC1CN(c2ccc(Cl)cc2F)CCC12CO2. The van der Waals surface area contributed by atoms with Crippen molar-refractivity contribution in [3.63, 3.8) is 0 Å².